The lowest BCUT2D eigenvalue weighted by molar-refractivity contribution is 0.413. The molecule has 0 saturated carbocycles. The van der Waals surface area contributed by atoms with Crippen LogP contribution >= 0.6 is 11.6 Å². The number of nitrogens with one attached hydrogen (secondary N) is 2. The second kappa shape index (κ2) is 11.3. The van der Waals surface area contributed by atoms with Crippen LogP contribution in [0.2, 0.25) is 5.15 Å². The Morgan fingerprint density at radius 1 is 1.00 bits per heavy atom. The maximum atomic E-state index is 6.05. The van der Waals surface area contributed by atoms with E-state index in [2.05, 4.69) is 84.9 Å². The van der Waals surface area contributed by atoms with Gasteiger partial charge in [-0.05, 0) is 60.6 Å². The first-order chi connectivity index (χ1) is 19.9. The van der Waals surface area contributed by atoms with Gasteiger partial charge in [-0.15, -0.1) is 0 Å². The molecular weight excluding hydrogens is 532 g/mol. The Morgan fingerprint density at radius 2 is 1.83 bits per heavy atom. The lowest BCUT2D eigenvalue weighted by Gasteiger charge is -2.18. The highest BCUT2D eigenvalue weighted by atomic mass is 35.5. The maximum absolute atomic E-state index is 6.05. The highest BCUT2D eigenvalue weighted by Crippen LogP contribution is 2.41. The quantitative estimate of drug-likeness (QED) is 0.197. The number of ether oxygens (including phenoxy) is 1. The fraction of sp³-hybridized carbons (Fsp3) is 0.242. The predicted molar refractivity (Wildman–Crippen MR) is 166 cm³/mol. The molecule has 1 atom stereocenters. The summed E-state index contributed by atoms with van der Waals surface area (Å²) in [5.41, 5.74) is 8.68. The molecule has 1 aliphatic rings. The van der Waals surface area contributed by atoms with Crippen LogP contribution in [-0.4, -0.2) is 26.6 Å². The van der Waals surface area contributed by atoms with Crippen LogP contribution < -0.4 is 15.4 Å². The molecule has 8 heteroatoms. The summed E-state index contributed by atoms with van der Waals surface area (Å²) in [6, 6.07) is 23.1. The molecule has 0 bridgehead atoms. The van der Waals surface area contributed by atoms with E-state index in [-0.39, 0.29) is 5.92 Å². The second-order valence-corrected chi connectivity index (χ2v) is 11.1. The molecule has 41 heavy (non-hydrogen) atoms. The van der Waals surface area contributed by atoms with Crippen LogP contribution in [0.5, 0.6) is 5.75 Å². The third kappa shape index (κ3) is 5.50. The zero-order valence-electron chi connectivity index (χ0n) is 23.6. The number of nitrogens with zero attached hydrogens (tertiary/aromatic N) is 4. The summed E-state index contributed by atoms with van der Waals surface area (Å²) >= 11 is 6.05. The number of imidazole rings is 1. The Labute approximate surface area is 245 Å². The molecule has 5 aromatic rings. The van der Waals surface area contributed by atoms with Crippen molar-refractivity contribution >= 4 is 34.7 Å². The van der Waals surface area contributed by atoms with Gasteiger partial charge < -0.3 is 19.9 Å². The van der Waals surface area contributed by atoms with Crippen LogP contribution in [-0.2, 0) is 6.42 Å². The average molecular weight is 565 g/mol. The first-order valence-corrected chi connectivity index (χ1v) is 14.3. The Balaban J connectivity index is 1.40. The minimum atomic E-state index is 0.210. The number of halogens is 1. The Kier molecular flexibility index (Phi) is 7.37. The van der Waals surface area contributed by atoms with E-state index in [9.17, 15) is 0 Å². The van der Waals surface area contributed by atoms with Crippen molar-refractivity contribution in [2.45, 2.75) is 45.4 Å². The Hall–Kier alpha value is -4.36. The molecule has 7 nitrogen and oxygen atoms in total. The van der Waals surface area contributed by atoms with Crippen LogP contribution in [0.15, 0.2) is 79.3 Å². The van der Waals surface area contributed by atoms with E-state index < -0.39 is 0 Å². The van der Waals surface area contributed by atoms with Crippen LogP contribution in [0, 0.1) is 6.92 Å². The van der Waals surface area contributed by atoms with Gasteiger partial charge in [0.05, 0.1) is 18.5 Å². The lowest BCUT2D eigenvalue weighted by Crippen LogP contribution is -2.09. The molecule has 2 N–H and O–H groups in total. The molecule has 2 aromatic heterocycles. The van der Waals surface area contributed by atoms with Gasteiger partial charge in [0.2, 0.25) is 5.95 Å². The van der Waals surface area contributed by atoms with E-state index in [0.29, 0.717) is 22.8 Å². The smallest absolute Gasteiger partial charge is 0.229 e. The molecule has 6 rings (SSSR count). The largest absolute Gasteiger partial charge is 0.494 e. The van der Waals surface area contributed by atoms with Gasteiger partial charge in [-0.3, -0.25) is 0 Å². The number of aromatic nitrogens is 4. The van der Waals surface area contributed by atoms with E-state index in [1.807, 2.05) is 22.8 Å². The first kappa shape index (κ1) is 26.8. The van der Waals surface area contributed by atoms with Gasteiger partial charge >= 0.3 is 0 Å². The van der Waals surface area contributed by atoms with Gasteiger partial charge in [-0.25, -0.2) is 9.97 Å². The predicted octanol–water partition coefficient (Wildman–Crippen LogP) is 8.32. The van der Waals surface area contributed by atoms with Crippen LogP contribution in [0.4, 0.5) is 23.1 Å². The molecule has 3 aromatic carbocycles. The monoisotopic (exact) mass is 564 g/mol. The Morgan fingerprint density at radius 3 is 2.56 bits per heavy atom. The summed E-state index contributed by atoms with van der Waals surface area (Å²) in [6.45, 7) is 6.55. The molecule has 0 amide bonds. The third-order valence-corrected chi connectivity index (χ3v) is 7.90. The highest BCUT2D eigenvalue weighted by molar-refractivity contribution is 6.29. The second-order valence-electron chi connectivity index (χ2n) is 10.7. The highest BCUT2D eigenvalue weighted by Gasteiger charge is 2.30. The standard InChI is InChI=1S/C33H33ClN6O/c1-20(2)23-11-10-21(3)27(16-23)37-32-26-14-13-25(22-8-6-5-7-9-22)31(26)38-33(39-32)36-24-12-15-28(29(17-24)41-4)40-18-30(34)35-19-40/h5-12,15-20,25H,13-14H2,1-4H3,(H2,36,37,38,39). The van der Waals surface area contributed by atoms with Crippen molar-refractivity contribution in [3.8, 4) is 11.4 Å². The minimum absolute atomic E-state index is 0.210. The molecule has 0 fully saturated rings. The van der Waals surface area contributed by atoms with Crippen molar-refractivity contribution in [3.05, 3.63) is 112 Å². The van der Waals surface area contributed by atoms with Crippen molar-refractivity contribution in [1.29, 1.82) is 0 Å². The molecule has 1 aliphatic carbocycles. The third-order valence-electron chi connectivity index (χ3n) is 7.70. The molecule has 0 spiro atoms. The molecule has 0 aliphatic heterocycles. The van der Waals surface area contributed by atoms with Gasteiger partial charge in [-0.1, -0.05) is 67.9 Å². The summed E-state index contributed by atoms with van der Waals surface area (Å²) in [5.74, 6) is 2.69. The van der Waals surface area contributed by atoms with Crippen LogP contribution in [0.3, 0.4) is 0 Å². The zero-order chi connectivity index (χ0) is 28.5. The summed E-state index contributed by atoms with van der Waals surface area (Å²) < 4.78 is 7.53. The van der Waals surface area contributed by atoms with Gasteiger partial charge in [0, 0.05) is 35.1 Å². The van der Waals surface area contributed by atoms with Gasteiger partial charge in [0.25, 0.3) is 0 Å². The summed E-state index contributed by atoms with van der Waals surface area (Å²) in [7, 11) is 1.65. The summed E-state index contributed by atoms with van der Waals surface area (Å²) in [5, 5.41) is 7.54. The number of aryl methyl sites for hydroxylation is 1. The van der Waals surface area contributed by atoms with E-state index in [0.717, 1.165) is 41.4 Å². The number of methoxy groups -OCH3 is 1. The van der Waals surface area contributed by atoms with E-state index >= 15 is 0 Å². The first-order valence-electron chi connectivity index (χ1n) is 13.9. The number of hydrogen-bond acceptors (Lipinski definition) is 6. The number of hydrogen-bond donors (Lipinski definition) is 2. The van der Waals surface area contributed by atoms with Gasteiger partial charge in [0.1, 0.15) is 23.0 Å². The Bertz CT molecular complexity index is 1700. The van der Waals surface area contributed by atoms with E-state index in [1.165, 1.54) is 22.3 Å². The summed E-state index contributed by atoms with van der Waals surface area (Å²) in [6.07, 6.45) is 5.31. The van der Waals surface area contributed by atoms with Crippen molar-refractivity contribution < 1.29 is 4.74 Å². The van der Waals surface area contributed by atoms with Crippen molar-refractivity contribution in [2.24, 2.45) is 0 Å². The van der Waals surface area contributed by atoms with Crippen molar-refractivity contribution in [2.75, 3.05) is 17.7 Å². The normalized spacial score (nSPS) is 14.2. The number of fused-ring (bicyclic) bond motifs is 1. The maximum Gasteiger partial charge on any atom is 0.229 e. The zero-order valence-corrected chi connectivity index (χ0v) is 24.4. The molecular formula is C33H33ClN6O. The topological polar surface area (TPSA) is 76.9 Å². The fourth-order valence-electron chi connectivity index (χ4n) is 5.42. The summed E-state index contributed by atoms with van der Waals surface area (Å²) in [4.78, 5) is 14.2. The lowest BCUT2D eigenvalue weighted by atomic mass is 9.97. The number of rotatable bonds is 8. The van der Waals surface area contributed by atoms with Gasteiger partial charge in [-0.2, -0.15) is 4.98 Å². The molecule has 2 heterocycles. The number of anilines is 4. The van der Waals surface area contributed by atoms with Crippen LogP contribution in [0.1, 0.15) is 60.1 Å². The SMILES string of the molecule is COc1cc(Nc2nc(Nc3cc(C(C)C)ccc3C)c3c(n2)C(c2ccccc2)CC3)ccc1-n1cnc(Cl)c1. The van der Waals surface area contributed by atoms with Crippen LogP contribution in [0.25, 0.3) is 5.69 Å². The average Bonchev–Trinajstić information content (AvgIpc) is 3.61. The molecule has 1 unspecified atom stereocenters. The molecule has 0 radical (unpaired) electrons. The number of benzene rings is 3. The van der Waals surface area contributed by atoms with Crippen molar-refractivity contribution in [1.82, 2.24) is 19.5 Å². The molecule has 0 saturated heterocycles. The van der Waals surface area contributed by atoms with Crippen molar-refractivity contribution in [3.63, 3.8) is 0 Å². The molecule has 208 valence electrons. The van der Waals surface area contributed by atoms with E-state index in [1.54, 1.807) is 19.6 Å². The van der Waals surface area contributed by atoms with Gasteiger partial charge in [0.15, 0.2) is 0 Å². The minimum Gasteiger partial charge on any atom is -0.494 e. The van der Waals surface area contributed by atoms with E-state index in [4.69, 9.17) is 26.3 Å². The fourth-order valence-corrected chi connectivity index (χ4v) is 5.57.